The Bertz CT molecular complexity index is 950. The van der Waals surface area contributed by atoms with Crippen molar-refractivity contribution in [3.05, 3.63) is 71.5 Å². The van der Waals surface area contributed by atoms with Crippen LogP contribution in [0.2, 0.25) is 0 Å². The van der Waals surface area contributed by atoms with Crippen LogP contribution in [0, 0.1) is 6.92 Å². The van der Waals surface area contributed by atoms with Crippen LogP contribution in [0.15, 0.2) is 54.6 Å². The van der Waals surface area contributed by atoms with Gasteiger partial charge in [-0.3, -0.25) is 4.79 Å². The molecule has 0 spiro atoms. The standard InChI is InChI=1S/C22H24N4O2/c1-3-28-19-13-11-17(12-14-19)20-10-7-15-25(20)22(27)21-16(2)23-26(24-21)18-8-5-4-6-9-18/h4-6,8-9,11-14,20H,3,7,10,15H2,1-2H3. The summed E-state index contributed by atoms with van der Waals surface area (Å²) < 4.78 is 5.53. The van der Waals surface area contributed by atoms with E-state index < -0.39 is 0 Å². The van der Waals surface area contributed by atoms with Crippen molar-refractivity contribution >= 4 is 5.91 Å². The van der Waals surface area contributed by atoms with Crippen LogP contribution >= 0.6 is 0 Å². The highest BCUT2D eigenvalue weighted by Gasteiger charge is 2.33. The first-order valence-electron chi connectivity index (χ1n) is 9.70. The Kier molecular flexibility index (Phi) is 5.10. The lowest BCUT2D eigenvalue weighted by molar-refractivity contribution is 0.0728. The number of para-hydroxylation sites is 1. The molecular weight excluding hydrogens is 352 g/mol. The molecule has 28 heavy (non-hydrogen) atoms. The average Bonchev–Trinajstić information content (AvgIpc) is 3.36. The molecular formula is C22H24N4O2. The Hall–Kier alpha value is -3.15. The number of nitrogens with zero attached hydrogens (tertiary/aromatic N) is 4. The fourth-order valence-electron chi connectivity index (χ4n) is 3.70. The molecule has 6 heteroatoms. The molecule has 0 N–H and O–H groups in total. The van der Waals surface area contributed by atoms with Gasteiger partial charge in [0.1, 0.15) is 5.75 Å². The van der Waals surface area contributed by atoms with E-state index in [1.54, 1.807) is 0 Å². The summed E-state index contributed by atoms with van der Waals surface area (Å²) in [4.78, 5) is 16.7. The van der Waals surface area contributed by atoms with Crippen LogP contribution in [0.1, 0.15) is 47.6 Å². The number of hydrogen-bond acceptors (Lipinski definition) is 4. The number of carbonyl (C=O) groups excluding carboxylic acids is 1. The van der Waals surface area contributed by atoms with Crippen molar-refractivity contribution in [2.45, 2.75) is 32.7 Å². The van der Waals surface area contributed by atoms with E-state index >= 15 is 0 Å². The normalized spacial score (nSPS) is 16.4. The maximum atomic E-state index is 13.3. The lowest BCUT2D eigenvalue weighted by Crippen LogP contribution is -2.31. The molecule has 144 valence electrons. The van der Waals surface area contributed by atoms with E-state index in [-0.39, 0.29) is 11.9 Å². The number of amides is 1. The predicted octanol–water partition coefficient (Wildman–Crippen LogP) is 3.95. The van der Waals surface area contributed by atoms with Gasteiger partial charge in [-0.2, -0.15) is 9.90 Å². The van der Waals surface area contributed by atoms with Crippen LogP contribution in [0.25, 0.3) is 5.69 Å². The third-order valence-corrected chi connectivity index (χ3v) is 5.06. The van der Waals surface area contributed by atoms with E-state index in [2.05, 4.69) is 22.3 Å². The highest BCUT2D eigenvalue weighted by molar-refractivity contribution is 5.93. The number of aryl methyl sites for hydroxylation is 1. The van der Waals surface area contributed by atoms with Crippen molar-refractivity contribution in [3.63, 3.8) is 0 Å². The van der Waals surface area contributed by atoms with E-state index in [1.165, 1.54) is 4.80 Å². The fraction of sp³-hybridized carbons (Fsp3) is 0.318. The molecule has 1 fully saturated rings. The van der Waals surface area contributed by atoms with Crippen molar-refractivity contribution in [2.75, 3.05) is 13.2 Å². The van der Waals surface area contributed by atoms with Crippen molar-refractivity contribution in [1.82, 2.24) is 19.9 Å². The van der Waals surface area contributed by atoms with E-state index in [0.29, 0.717) is 18.0 Å². The number of hydrogen-bond donors (Lipinski definition) is 0. The van der Waals surface area contributed by atoms with Gasteiger partial charge >= 0.3 is 0 Å². The Labute approximate surface area is 164 Å². The van der Waals surface area contributed by atoms with E-state index in [0.717, 1.165) is 36.4 Å². The number of likely N-dealkylation sites (tertiary alicyclic amines) is 1. The quantitative estimate of drug-likeness (QED) is 0.676. The first-order valence-corrected chi connectivity index (χ1v) is 9.70. The largest absolute Gasteiger partial charge is 0.494 e. The van der Waals surface area contributed by atoms with Crippen LogP contribution in [0.5, 0.6) is 5.75 Å². The van der Waals surface area contributed by atoms with Crippen LogP contribution in [0.3, 0.4) is 0 Å². The van der Waals surface area contributed by atoms with E-state index in [9.17, 15) is 4.79 Å². The van der Waals surface area contributed by atoms with Gasteiger partial charge in [0.2, 0.25) is 0 Å². The maximum absolute atomic E-state index is 13.3. The molecule has 2 heterocycles. The minimum Gasteiger partial charge on any atom is -0.494 e. The zero-order valence-corrected chi connectivity index (χ0v) is 16.2. The molecule has 0 saturated carbocycles. The Morgan fingerprint density at radius 2 is 1.86 bits per heavy atom. The van der Waals surface area contributed by atoms with Crippen molar-refractivity contribution in [1.29, 1.82) is 0 Å². The summed E-state index contributed by atoms with van der Waals surface area (Å²) >= 11 is 0. The van der Waals surface area contributed by atoms with Gasteiger partial charge in [-0.15, -0.1) is 5.10 Å². The third kappa shape index (κ3) is 3.50. The van der Waals surface area contributed by atoms with E-state index in [4.69, 9.17) is 4.74 Å². The van der Waals surface area contributed by atoms with Gasteiger partial charge in [0.15, 0.2) is 5.69 Å². The first kappa shape index (κ1) is 18.2. The Morgan fingerprint density at radius 3 is 2.57 bits per heavy atom. The number of carbonyl (C=O) groups is 1. The molecule has 1 aromatic heterocycles. The minimum atomic E-state index is -0.0592. The summed E-state index contributed by atoms with van der Waals surface area (Å²) in [6, 6.07) is 17.7. The van der Waals surface area contributed by atoms with Crippen molar-refractivity contribution in [3.8, 4) is 11.4 Å². The number of aromatic nitrogens is 3. The van der Waals surface area contributed by atoms with Gasteiger partial charge in [0.25, 0.3) is 5.91 Å². The summed E-state index contributed by atoms with van der Waals surface area (Å²) in [6.07, 6.45) is 1.93. The zero-order valence-electron chi connectivity index (χ0n) is 16.2. The molecule has 0 bridgehead atoms. The molecule has 1 aliphatic rings. The lowest BCUT2D eigenvalue weighted by atomic mass is 10.0. The molecule has 4 rings (SSSR count). The van der Waals surface area contributed by atoms with Crippen molar-refractivity contribution in [2.24, 2.45) is 0 Å². The molecule has 0 aliphatic carbocycles. The molecule has 1 saturated heterocycles. The highest BCUT2D eigenvalue weighted by Crippen LogP contribution is 2.34. The average molecular weight is 376 g/mol. The topological polar surface area (TPSA) is 60.2 Å². The molecule has 1 aliphatic heterocycles. The molecule has 1 atom stereocenters. The number of benzene rings is 2. The summed E-state index contributed by atoms with van der Waals surface area (Å²) in [5.74, 6) is 0.792. The summed E-state index contributed by atoms with van der Waals surface area (Å²) in [5.41, 5.74) is 3.03. The van der Waals surface area contributed by atoms with Gasteiger partial charge in [-0.05, 0) is 56.5 Å². The minimum absolute atomic E-state index is 0.0592. The van der Waals surface area contributed by atoms with Crippen LogP contribution < -0.4 is 4.74 Å². The monoisotopic (exact) mass is 376 g/mol. The third-order valence-electron chi connectivity index (χ3n) is 5.06. The Morgan fingerprint density at radius 1 is 1.11 bits per heavy atom. The summed E-state index contributed by atoms with van der Waals surface area (Å²) in [6.45, 7) is 5.18. The highest BCUT2D eigenvalue weighted by atomic mass is 16.5. The molecule has 2 aromatic carbocycles. The van der Waals surface area contributed by atoms with Crippen LogP contribution in [-0.4, -0.2) is 39.0 Å². The summed E-state index contributed by atoms with van der Waals surface area (Å²) in [7, 11) is 0. The van der Waals surface area contributed by atoms with Gasteiger partial charge < -0.3 is 9.64 Å². The first-order chi connectivity index (χ1) is 13.7. The number of ether oxygens (including phenoxy) is 1. The molecule has 1 unspecified atom stereocenters. The molecule has 0 radical (unpaired) electrons. The predicted molar refractivity (Wildman–Crippen MR) is 107 cm³/mol. The zero-order chi connectivity index (χ0) is 19.5. The van der Waals surface area contributed by atoms with E-state index in [1.807, 2.05) is 61.2 Å². The van der Waals surface area contributed by atoms with Gasteiger partial charge in [-0.25, -0.2) is 0 Å². The van der Waals surface area contributed by atoms with Gasteiger partial charge in [0.05, 0.1) is 24.0 Å². The van der Waals surface area contributed by atoms with Gasteiger partial charge in [-0.1, -0.05) is 30.3 Å². The van der Waals surface area contributed by atoms with Gasteiger partial charge in [0, 0.05) is 6.54 Å². The second-order valence-corrected chi connectivity index (χ2v) is 6.92. The lowest BCUT2D eigenvalue weighted by Gasteiger charge is -2.24. The maximum Gasteiger partial charge on any atom is 0.276 e. The fourth-order valence-corrected chi connectivity index (χ4v) is 3.70. The molecule has 3 aromatic rings. The Balaban J connectivity index is 1.58. The summed E-state index contributed by atoms with van der Waals surface area (Å²) in [5, 5.41) is 8.93. The number of rotatable bonds is 5. The van der Waals surface area contributed by atoms with Crippen molar-refractivity contribution < 1.29 is 9.53 Å². The second-order valence-electron chi connectivity index (χ2n) is 6.92. The van der Waals surface area contributed by atoms with Crippen LogP contribution in [0.4, 0.5) is 0 Å². The molecule has 6 nitrogen and oxygen atoms in total. The SMILES string of the molecule is CCOc1ccc(C2CCCN2C(=O)c2nn(-c3ccccc3)nc2C)cc1. The molecule has 1 amide bonds. The van der Waals surface area contributed by atoms with Crippen LogP contribution in [-0.2, 0) is 0 Å². The second kappa shape index (κ2) is 7.84. The smallest absolute Gasteiger partial charge is 0.276 e.